The number of hydrogen-bond donors (Lipinski definition) is 2. The molecule has 1 fully saturated rings. The summed E-state index contributed by atoms with van der Waals surface area (Å²) in [6.07, 6.45) is 4.38. The summed E-state index contributed by atoms with van der Waals surface area (Å²) in [5.74, 6) is 0.342. The van der Waals surface area contributed by atoms with E-state index in [9.17, 15) is 5.11 Å². The summed E-state index contributed by atoms with van der Waals surface area (Å²) in [6, 6.07) is 6.11. The number of aryl methyl sites for hydroxylation is 1. The number of hydrogen-bond acceptors (Lipinski definition) is 5. The molecule has 23 heavy (non-hydrogen) atoms. The molecule has 0 aliphatic carbocycles. The third-order valence-corrected chi connectivity index (χ3v) is 4.97. The molecule has 0 radical (unpaired) electrons. The molecule has 6 heteroatoms. The van der Waals surface area contributed by atoms with Crippen molar-refractivity contribution in [3.63, 3.8) is 0 Å². The SMILES string of the molecule is C[C@H]1C[C@@]2(C[C@@H](c3cn(C)nn3)N1)OCCc1cccc(O)c12. The van der Waals surface area contributed by atoms with Crippen molar-refractivity contribution in [3.8, 4) is 5.75 Å². The minimum atomic E-state index is -0.453. The zero-order valence-corrected chi connectivity index (χ0v) is 13.5. The molecule has 0 bridgehead atoms. The molecule has 3 heterocycles. The van der Waals surface area contributed by atoms with E-state index in [0.717, 1.165) is 30.5 Å². The van der Waals surface area contributed by atoms with Crippen molar-refractivity contribution in [2.75, 3.05) is 6.61 Å². The zero-order chi connectivity index (χ0) is 16.0. The Morgan fingerprint density at radius 3 is 3.04 bits per heavy atom. The fourth-order valence-corrected chi connectivity index (χ4v) is 4.16. The summed E-state index contributed by atoms with van der Waals surface area (Å²) in [5.41, 5.74) is 2.63. The molecule has 1 spiro atoms. The molecule has 3 atom stereocenters. The number of piperidine rings is 1. The van der Waals surface area contributed by atoms with E-state index in [-0.39, 0.29) is 12.1 Å². The summed E-state index contributed by atoms with van der Waals surface area (Å²) in [5, 5.41) is 22.4. The predicted molar refractivity (Wildman–Crippen MR) is 85.0 cm³/mol. The van der Waals surface area contributed by atoms with Crippen LogP contribution in [0.5, 0.6) is 5.75 Å². The molecular weight excluding hydrogens is 292 g/mol. The molecule has 0 saturated carbocycles. The van der Waals surface area contributed by atoms with Gasteiger partial charge in [0, 0.05) is 31.3 Å². The highest BCUT2D eigenvalue weighted by molar-refractivity contribution is 5.45. The number of rotatable bonds is 1. The lowest BCUT2D eigenvalue weighted by Gasteiger charge is -2.47. The molecule has 2 aliphatic rings. The van der Waals surface area contributed by atoms with Crippen molar-refractivity contribution in [1.82, 2.24) is 20.3 Å². The number of benzene rings is 1. The van der Waals surface area contributed by atoms with Crippen LogP contribution in [0.15, 0.2) is 24.4 Å². The molecule has 2 aliphatic heterocycles. The van der Waals surface area contributed by atoms with E-state index < -0.39 is 5.60 Å². The molecule has 122 valence electrons. The Morgan fingerprint density at radius 1 is 1.39 bits per heavy atom. The molecule has 4 rings (SSSR count). The van der Waals surface area contributed by atoms with Crippen LogP contribution in [0.1, 0.15) is 42.6 Å². The molecule has 0 amide bonds. The largest absolute Gasteiger partial charge is 0.508 e. The van der Waals surface area contributed by atoms with Crippen molar-refractivity contribution >= 4 is 0 Å². The molecule has 2 aromatic rings. The molecule has 2 N–H and O–H groups in total. The molecule has 0 unspecified atom stereocenters. The van der Waals surface area contributed by atoms with Crippen LogP contribution < -0.4 is 5.32 Å². The zero-order valence-electron chi connectivity index (χ0n) is 13.5. The Bertz CT molecular complexity index is 729. The van der Waals surface area contributed by atoms with Crippen LogP contribution >= 0.6 is 0 Å². The number of ether oxygens (including phenoxy) is 1. The number of aromatic hydroxyl groups is 1. The maximum Gasteiger partial charge on any atom is 0.121 e. The van der Waals surface area contributed by atoms with Gasteiger partial charge in [0.25, 0.3) is 0 Å². The van der Waals surface area contributed by atoms with Crippen molar-refractivity contribution in [2.24, 2.45) is 7.05 Å². The summed E-state index contributed by atoms with van der Waals surface area (Å²) in [6.45, 7) is 2.85. The Kier molecular flexibility index (Phi) is 3.39. The normalized spacial score (nSPS) is 30.3. The van der Waals surface area contributed by atoms with E-state index in [1.54, 1.807) is 10.7 Å². The predicted octanol–water partition coefficient (Wildman–Crippen LogP) is 1.80. The van der Waals surface area contributed by atoms with Gasteiger partial charge in [-0.3, -0.25) is 4.68 Å². The molecule has 1 aromatic carbocycles. The fourth-order valence-electron chi connectivity index (χ4n) is 4.16. The second-order valence-corrected chi connectivity index (χ2v) is 6.75. The van der Waals surface area contributed by atoms with E-state index in [1.165, 1.54) is 5.56 Å². The van der Waals surface area contributed by atoms with Crippen LogP contribution in [0.4, 0.5) is 0 Å². The number of phenolic OH excluding ortho intramolecular Hbond substituents is 1. The Hall–Kier alpha value is -1.92. The molecule has 1 saturated heterocycles. The number of phenols is 1. The van der Waals surface area contributed by atoms with Crippen LogP contribution in [0.25, 0.3) is 0 Å². The average Bonchev–Trinajstić information content (AvgIpc) is 2.93. The van der Waals surface area contributed by atoms with Crippen LogP contribution in [-0.2, 0) is 23.8 Å². The van der Waals surface area contributed by atoms with Crippen LogP contribution in [0.2, 0.25) is 0 Å². The Balaban J connectivity index is 1.76. The quantitative estimate of drug-likeness (QED) is 0.840. The maximum absolute atomic E-state index is 10.5. The first-order valence-electron chi connectivity index (χ1n) is 8.15. The third-order valence-electron chi connectivity index (χ3n) is 4.97. The van der Waals surface area contributed by atoms with E-state index in [2.05, 4.69) is 28.6 Å². The van der Waals surface area contributed by atoms with Crippen LogP contribution in [-0.4, -0.2) is 32.7 Å². The van der Waals surface area contributed by atoms with Gasteiger partial charge in [0.05, 0.1) is 18.3 Å². The van der Waals surface area contributed by atoms with Gasteiger partial charge >= 0.3 is 0 Å². The van der Waals surface area contributed by atoms with Gasteiger partial charge in [0.15, 0.2) is 0 Å². The van der Waals surface area contributed by atoms with Crippen molar-refractivity contribution in [1.29, 1.82) is 0 Å². The van der Waals surface area contributed by atoms with Gasteiger partial charge in [-0.15, -0.1) is 5.10 Å². The molecule has 6 nitrogen and oxygen atoms in total. The smallest absolute Gasteiger partial charge is 0.121 e. The number of nitrogens with one attached hydrogen (secondary N) is 1. The summed E-state index contributed by atoms with van der Waals surface area (Å²) >= 11 is 0. The third kappa shape index (κ3) is 2.42. The summed E-state index contributed by atoms with van der Waals surface area (Å²) in [7, 11) is 1.87. The van der Waals surface area contributed by atoms with Gasteiger partial charge in [-0.2, -0.15) is 0 Å². The second-order valence-electron chi connectivity index (χ2n) is 6.75. The lowest BCUT2D eigenvalue weighted by Crippen LogP contribution is -2.50. The number of aromatic nitrogens is 3. The minimum Gasteiger partial charge on any atom is -0.508 e. The Morgan fingerprint density at radius 2 is 2.26 bits per heavy atom. The summed E-state index contributed by atoms with van der Waals surface area (Å²) in [4.78, 5) is 0. The minimum absolute atomic E-state index is 0.0676. The van der Waals surface area contributed by atoms with Crippen molar-refractivity contribution in [2.45, 2.75) is 43.9 Å². The maximum atomic E-state index is 10.5. The fraction of sp³-hybridized carbons (Fsp3) is 0.529. The van der Waals surface area contributed by atoms with E-state index >= 15 is 0 Å². The van der Waals surface area contributed by atoms with Gasteiger partial charge in [-0.1, -0.05) is 17.3 Å². The number of fused-ring (bicyclic) bond motifs is 2. The average molecular weight is 314 g/mol. The van der Waals surface area contributed by atoms with Crippen molar-refractivity contribution in [3.05, 3.63) is 41.2 Å². The topological polar surface area (TPSA) is 72.2 Å². The highest BCUT2D eigenvalue weighted by Gasteiger charge is 2.46. The van der Waals surface area contributed by atoms with E-state index in [4.69, 9.17) is 4.74 Å². The lowest BCUT2D eigenvalue weighted by molar-refractivity contribution is -0.0998. The van der Waals surface area contributed by atoms with Gasteiger partial charge in [-0.25, -0.2) is 0 Å². The lowest BCUT2D eigenvalue weighted by atomic mass is 9.74. The first kappa shape index (κ1) is 14.7. The first-order chi connectivity index (χ1) is 11.1. The summed E-state index contributed by atoms with van der Waals surface area (Å²) < 4.78 is 8.01. The van der Waals surface area contributed by atoms with Crippen molar-refractivity contribution < 1.29 is 9.84 Å². The van der Waals surface area contributed by atoms with Gasteiger partial charge in [-0.05, 0) is 31.4 Å². The first-order valence-corrected chi connectivity index (χ1v) is 8.15. The van der Waals surface area contributed by atoms with Gasteiger partial charge in [0.1, 0.15) is 11.4 Å². The van der Waals surface area contributed by atoms with Crippen LogP contribution in [0, 0.1) is 0 Å². The number of nitrogens with zero attached hydrogens (tertiary/aromatic N) is 3. The van der Waals surface area contributed by atoms with E-state index in [1.807, 2.05) is 19.3 Å². The molecule has 1 aromatic heterocycles. The van der Waals surface area contributed by atoms with Gasteiger partial charge < -0.3 is 15.2 Å². The Labute approximate surface area is 135 Å². The molecular formula is C17H22N4O2. The second kappa shape index (κ2) is 5.32. The standard InChI is InChI=1S/C17H22N4O2/c1-11-8-17(9-13(18-11)14-10-21(2)20-19-14)16-12(6-7-23-17)4-3-5-15(16)22/h3-5,10-11,13,18,22H,6-9H2,1-2H3/t11-,13-,17-/m0/s1. The highest BCUT2D eigenvalue weighted by atomic mass is 16.5. The van der Waals surface area contributed by atoms with E-state index in [0.29, 0.717) is 12.4 Å². The van der Waals surface area contributed by atoms with Crippen LogP contribution in [0.3, 0.4) is 0 Å². The monoisotopic (exact) mass is 314 g/mol. The van der Waals surface area contributed by atoms with Gasteiger partial charge in [0.2, 0.25) is 0 Å². The highest BCUT2D eigenvalue weighted by Crippen LogP contribution is 2.48.